The Bertz CT molecular complexity index is 2180. The summed E-state index contributed by atoms with van der Waals surface area (Å²) in [6, 6.07) is 13.4. The topological polar surface area (TPSA) is 94.8 Å². The van der Waals surface area contributed by atoms with Crippen molar-refractivity contribution in [2.24, 2.45) is 0 Å². The number of aromatic nitrogens is 2. The van der Waals surface area contributed by atoms with Gasteiger partial charge in [-0.05, 0) is 40.2 Å². The minimum Gasteiger partial charge on any atom is -0.813 e. The van der Waals surface area contributed by atoms with Gasteiger partial charge in [0, 0.05) is 19.5 Å². The summed E-state index contributed by atoms with van der Waals surface area (Å²) < 4.78 is 61.7. The second-order valence-electron chi connectivity index (χ2n) is 14.7. The number of alkyl halides is 1. The van der Waals surface area contributed by atoms with Crippen molar-refractivity contribution in [3.8, 4) is 32.6 Å². The van der Waals surface area contributed by atoms with Gasteiger partial charge in [-0.3, -0.25) is 4.90 Å². The van der Waals surface area contributed by atoms with Crippen molar-refractivity contribution in [2.75, 3.05) is 44.2 Å². The second-order valence-corrected chi connectivity index (χ2v) is 15.9. The van der Waals surface area contributed by atoms with Gasteiger partial charge in [0.15, 0.2) is 0 Å². The average Bonchev–Trinajstić information content (AvgIpc) is 3.63. The monoisotopic (exact) mass is 967 g/mol. The predicted molar refractivity (Wildman–Crippen MR) is 213 cm³/mol. The molecular formula is C39H42F3N6O3PSTl-. The third kappa shape index (κ3) is 8.11. The molecule has 4 atom stereocenters. The zero-order valence-electron chi connectivity index (χ0n) is 30.5. The number of piperazine rings is 1. The fourth-order valence-electron chi connectivity index (χ4n) is 7.95. The first-order valence-electron chi connectivity index (χ1n) is 17.5. The van der Waals surface area contributed by atoms with Crippen LogP contribution >= 0.6 is 9.90 Å². The van der Waals surface area contributed by atoms with Gasteiger partial charge >= 0.3 is 194 Å². The van der Waals surface area contributed by atoms with Crippen LogP contribution in [0.2, 0.25) is 0 Å². The second kappa shape index (κ2) is 16.8. The van der Waals surface area contributed by atoms with Crippen molar-refractivity contribution in [1.29, 1.82) is 5.26 Å². The van der Waals surface area contributed by atoms with Crippen molar-refractivity contribution >= 4 is 82.7 Å². The molecule has 0 spiro atoms. The minimum absolute atomic E-state index is 0. The number of fused-ring (bicyclic) bond motifs is 3. The van der Waals surface area contributed by atoms with Crippen LogP contribution in [0, 0.1) is 32.4 Å². The Balaban J connectivity index is 0.00000280. The van der Waals surface area contributed by atoms with Crippen LogP contribution in [0.3, 0.4) is 0 Å². The van der Waals surface area contributed by atoms with Crippen molar-refractivity contribution in [3.05, 3.63) is 59.7 Å². The average molecular weight is 967 g/mol. The molecule has 0 saturated carbocycles. The van der Waals surface area contributed by atoms with Gasteiger partial charge < -0.3 is 23.1 Å². The number of carbonyl (C=O) groups is 1. The number of hydrogen-bond donors (Lipinski definition) is 0. The van der Waals surface area contributed by atoms with Crippen LogP contribution in [0.5, 0.6) is 6.01 Å². The molecule has 3 saturated heterocycles. The molecule has 9 nitrogen and oxygen atoms in total. The first-order chi connectivity index (χ1) is 24.9. The van der Waals surface area contributed by atoms with E-state index in [0.29, 0.717) is 67.4 Å². The Kier molecular flexibility index (Phi) is 13.0. The number of nitrogens with zero attached hydrogens (tertiary/aromatic N) is 6. The van der Waals surface area contributed by atoms with E-state index in [1.54, 1.807) is 56.0 Å². The van der Waals surface area contributed by atoms with E-state index in [4.69, 9.17) is 14.5 Å². The van der Waals surface area contributed by atoms with Gasteiger partial charge in [-0.15, -0.1) is 0 Å². The van der Waals surface area contributed by atoms with Crippen LogP contribution < -0.4 is 9.64 Å². The Morgan fingerprint density at radius 3 is 2.61 bits per heavy atom. The first-order valence-corrected chi connectivity index (χ1v) is 19.7. The standard InChI is InChI=1S/C39H38F3N6O3.H3P.H2S.Tl/c1-5-27-31(41)13-10-24-8-6-9-28(32(24)27)29-11-12-30-34(33(29)42)44-36(50-23-39-15-7-17-47(39)21-25(40)20-39)45-35(30)46-18-19-48(26(22-46)14-16-43)37(49)51-38(2,3)4;;;/h6,8-13,25-26H,7,14-15,17-23H2,2-4H3;1H3;1H2;/p-1/t25-,26+,39+;;;/m1.../s1. The molecule has 282 valence electrons. The van der Waals surface area contributed by atoms with E-state index in [9.17, 15) is 14.4 Å². The fraction of sp³-hybridized carbons (Fsp3) is 0.436. The van der Waals surface area contributed by atoms with Crippen LogP contribution in [0.4, 0.5) is 23.8 Å². The summed E-state index contributed by atoms with van der Waals surface area (Å²) in [5.74, 6) is 2.21. The van der Waals surface area contributed by atoms with Crippen molar-refractivity contribution in [1.82, 2.24) is 19.8 Å². The number of thiol groups is 1. The molecule has 3 aliphatic rings. The van der Waals surface area contributed by atoms with Crippen LogP contribution in [0.25, 0.3) is 32.8 Å². The molecule has 1 amide bonds. The number of nitriles is 1. The molecule has 4 aromatic rings. The molecule has 0 aliphatic carbocycles. The summed E-state index contributed by atoms with van der Waals surface area (Å²) in [6.45, 7) is 7.44. The zero-order chi connectivity index (χ0) is 36.8. The number of rotatable bonds is 6. The molecule has 7 rings (SSSR count). The zero-order valence-corrected chi connectivity index (χ0v) is 37.3. The maximum absolute atomic E-state index is 17.1. The maximum atomic E-state index is 17.1. The van der Waals surface area contributed by atoms with Crippen LogP contribution in [-0.2, 0) is 18.2 Å². The predicted octanol–water partition coefficient (Wildman–Crippen LogP) is 6.29. The van der Waals surface area contributed by atoms with E-state index in [0.717, 1.165) is 24.8 Å². The summed E-state index contributed by atoms with van der Waals surface area (Å²) in [4.78, 5) is 28.2. The summed E-state index contributed by atoms with van der Waals surface area (Å²) in [5.41, 5.74) is -0.286. The van der Waals surface area contributed by atoms with Crippen molar-refractivity contribution in [3.63, 3.8) is 0 Å². The van der Waals surface area contributed by atoms with E-state index in [1.165, 1.54) is 6.07 Å². The SMILES string of the molecule is CC(C)(C)OC(=O)N1CCN(c2nc(OC[C@@]34CCCN3C[C@H](F)C4)nc3c(F)c(-c4cccc5ccc(F)c(C#[C][Tl])c45)ccc23)C[C@@H]1CC#N.P.[SH-]. The number of hydrogen-bond acceptors (Lipinski definition) is 9. The molecule has 3 aliphatic heterocycles. The van der Waals surface area contributed by atoms with Gasteiger partial charge in [0.05, 0.1) is 24.1 Å². The number of amides is 1. The third-order valence-electron chi connectivity index (χ3n) is 10.2. The Morgan fingerprint density at radius 1 is 1.07 bits per heavy atom. The molecule has 3 fully saturated rings. The third-order valence-corrected chi connectivity index (χ3v) is 10.8. The van der Waals surface area contributed by atoms with Crippen LogP contribution in [-0.4, -0.2) is 114 Å². The number of anilines is 1. The molecule has 0 radical (unpaired) electrons. The van der Waals surface area contributed by atoms with Gasteiger partial charge in [-0.1, -0.05) is 0 Å². The van der Waals surface area contributed by atoms with Gasteiger partial charge in [0.2, 0.25) is 0 Å². The van der Waals surface area contributed by atoms with E-state index >= 15 is 8.78 Å². The van der Waals surface area contributed by atoms with Gasteiger partial charge in [-0.2, -0.15) is 15.2 Å². The summed E-state index contributed by atoms with van der Waals surface area (Å²) in [5, 5.41) is 11.4. The quantitative estimate of drug-likeness (QED) is 0.0728. The molecule has 1 aromatic heterocycles. The molecule has 0 N–H and O–H groups in total. The Labute approximate surface area is 339 Å². The Hall–Kier alpha value is -3.37. The summed E-state index contributed by atoms with van der Waals surface area (Å²) in [6.07, 6.45) is 0.637. The van der Waals surface area contributed by atoms with Crippen molar-refractivity contribution < 1.29 is 27.4 Å². The summed E-state index contributed by atoms with van der Waals surface area (Å²) >= 11 is 0.326. The Morgan fingerprint density at radius 2 is 1.87 bits per heavy atom. The number of halogens is 3. The number of benzene rings is 3. The van der Waals surface area contributed by atoms with Gasteiger partial charge in [-0.25, -0.2) is 9.18 Å². The smallest absolute Gasteiger partial charge is 0.813 e. The molecule has 4 heterocycles. The van der Waals surface area contributed by atoms with E-state index < -0.39 is 41.1 Å². The molecular weight excluding hydrogens is 925 g/mol. The van der Waals surface area contributed by atoms with Gasteiger partial charge in [0.25, 0.3) is 0 Å². The molecule has 3 aromatic carbocycles. The van der Waals surface area contributed by atoms with Crippen LogP contribution in [0.1, 0.15) is 52.0 Å². The molecule has 15 heteroatoms. The van der Waals surface area contributed by atoms with E-state index in [1.807, 2.05) is 11.0 Å². The van der Waals surface area contributed by atoms with Gasteiger partial charge in [0.1, 0.15) is 11.8 Å². The van der Waals surface area contributed by atoms with Crippen molar-refractivity contribution in [2.45, 2.75) is 69.8 Å². The molecule has 0 bridgehead atoms. The fourth-order valence-corrected chi connectivity index (χ4v) is 8.51. The minimum atomic E-state index is -0.953. The molecule has 54 heavy (non-hydrogen) atoms. The number of ether oxygens (including phenoxy) is 2. The summed E-state index contributed by atoms with van der Waals surface area (Å²) in [7, 11) is 0. The first kappa shape index (κ1) is 41.8. The normalized spacial score (nSPS) is 21.0. The number of carbonyl (C=O) groups excluding carboxylic acids is 1. The molecule has 1 unspecified atom stereocenters. The van der Waals surface area contributed by atoms with E-state index in [-0.39, 0.29) is 72.2 Å². The van der Waals surface area contributed by atoms with E-state index in [2.05, 4.69) is 25.4 Å². The van der Waals surface area contributed by atoms with Crippen LogP contribution in [0.15, 0.2) is 42.5 Å².